The molecule has 0 fully saturated rings. The highest BCUT2D eigenvalue weighted by atomic mass is 16.5. The molecule has 0 saturated carbocycles. The summed E-state index contributed by atoms with van der Waals surface area (Å²) in [5.74, 6) is 1.20. The second-order valence-electron chi connectivity index (χ2n) is 6.79. The van der Waals surface area contributed by atoms with Gasteiger partial charge in [-0.1, -0.05) is 42.8 Å². The second-order valence-corrected chi connectivity index (χ2v) is 6.79. The fourth-order valence-electron chi connectivity index (χ4n) is 3.03. The van der Waals surface area contributed by atoms with Gasteiger partial charge in [0.25, 0.3) is 0 Å². The van der Waals surface area contributed by atoms with Gasteiger partial charge in [-0.25, -0.2) is 4.79 Å². The van der Waals surface area contributed by atoms with Crippen LogP contribution >= 0.6 is 0 Å². The van der Waals surface area contributed by atoms with Crippen molar-refractivity contribution in [3.8, 4) is 0 Å². The lowest BCUT2D eigenvalue weighted by Gasteiger charge is -2.31. The normalized spacial score (nSPS) is 15.3. The van der Waals surface area contributed by atoms with Crippen molar-refractivity contribution >= 4 is 6.03 Å². The third-order valence-electron chi connectivity index (χ3n) is 4.42. The highest BCUT2D eigenvalue weighted by Gasteiger charge is 2.27. The van der Waals surface area contributed by atoms with Crippen molar-refractivity contribution in [3.63, 3.8) is 0 Å². The van der Waals surface area contributed by atoms with Crippen molar-refractivity contribution in [1.29, 1.82) is 0 Å². The zero-order chi connectivity index (χ0) is 17.3. The Kier molecular flexibility index (Phi) is 4.55. The molecule has 2 heterocycles. The van der Waals surface area contributed by atoms with E-state index in [0.717, 1.165) is 13.0 Å². The molecule has 0 aliphatic carbocycles. The first-order valence-electron chi connectivity index (χ1n) is 8.38. The molecule has 1 aromatic heterocycles. The van der Waals surface area contributed by atoms with E-state index in [-0.39, 0.29) is 18.0 Å². The minimum atomic E-state index is -0.280. The molecule has 2 amide bonds. The summed E-state index contributed by atoms with van der Waals surface area (Å²) < 4.78 is 5.25. The molecule has 2 aromatic rings. The Morgan fingerprint density at radius 1 is 1.29 bits per heavy atom. The molecule has 0 spiro atoms. The van der Waals surface area contributed by atoms with Crippen LogP contribution in [0.25, 0.3) is 0 Å². The Balaban J connectivity index is 1.71. The topological polar surface area (TPSA) is 71.3 Å². The highest BCUT2D eigenvalue weighted by Crippen LogP contribution is 2.23. The molecule has 3 rings (SSSR count). The predicted molar refractivity (Wildman–Crippen MR) is 90.4 cm³/mol. The molecule has 1 aliphatic heterocycles. The van der Waals surface area contributed by atoms with Gasteiger partial charge in [-0.3, -0.25) is 0 Å². The summed E-state index contributed by atoms with van der Waals surface area (Å²) in [6.07, 6.45) is 0.885. The van der Waals surface area contributed by atoms with Crippen LogP contribution in [0.2, 0.25) is 0 Å². The van der Waals surface area contributed by atoms with Crippen LogP contribution in [0.3, 0.4) is 0 Å². The minimum Gasteiger partial charge on any atom is -0.337 e. The van der Waals surface area contributed by atoms with Gasteiger partial charge in [0.1, 0.15) is 6.04 Å². The largest absolute Gasteiger partial charge is 0.337 e. The predicted octanol–water partition coefficient (Wildman–Crippen LogP) is 3.15. The van der Waals surface area contributed by atoms with Gasteiger partial charge in [0.05, 0.1) is 0 Å². The fourth-order valence-corrected chi connectivity index (χ4v) is 3.03. The minimum absolute atomic E-state index is 0.0872. The maximum Gasteiger partial charge on any atom is 0.318 e. The quantitative estimate of drug-likeness (QED) is 0.939. The fraction of sp³-hybridized carbons (Fsp3) is 0.500. The first kappa shape index (κ1) is 16.5. The van der Waals surface area contributed by atoms with Crippen LogP contribution in [0.1, 0.15) is 48.3 Å². The average Bonchev–Trinajstić information content (AvgIpc) is 2.97. The Morgan fingerprint density at radius 3 is 2.75 bits per heavy atom. The Labute approximate surface area is 142 Å². The zero-order valence-electron chi connectivity index (χ0n) is 14.7. The van der Waals surface area contributed by atoms with E-state index in [1.54, 1.807) is 6.92 Å². The van der Waals surface area contributed by atoms with E-state index < -0.39 is 0 Å². The summed E-state index contributed by atoms with van der Waals surface area (Å²) >= 11 is 0. The smallest absolute Gasteiger partial charge is 0.318 e. The van der Waals surface area contributed by atoms with Gasteiger partial charge in [-0.2, -0.15) is 4.98 Å². The number of carbonyl (C=O) groups excluding carboxylic acids is 1. The van der Waals surface area contributed by atoms with Crippen molar-refractivity contribution in [3.05, 3.63) is 46.6 Å². The van der Waals surface area contributed by atoms with Gasteiger partial charge in [0.2, 0.25) is 5.89 Å². The molecule has 1 aromatic carbocycles. The summed E-state index contributed by atoms with van der Waals surface area (Å²) in [6.45, 7) is 9.28. The van der Waals surface area contributed by atoms with Crippen molar-refractivity contribution < 1.29 is 9.32 Å². The molecular weight excluding hydrogens is 304 g/mol. The number of fused-ring (bicyclic) bond motifs is 1. The van der Waals surface area contributed by atoms with Gasteiger partial charge in [0, 0.05) is 13.1 Å². The SMILES string of the molecule is Cc1ccc2c(c1)CCN(C(=O)NC(c1nc(C)no1)C(C)C)C2. The molecular formula is C18H24N4O2. The Morgan fingerprint density at radius 2 is 2.08 bits per heavy atom. The van der Waals surface area contributed by atoms with Crippen LogP contribution in [-0.4, -0.2) is 27.6 Å². The van der Waals surface area contributed by atoms with Crippen molar-refractivity contribution in [2.75, 3.05) is 6.54 Å². The number of rotatable bonds is 3. The van der Waals surface area contributed by atoms with Gasteiger partial charge < -0.3 is 14.7 Å². The number of hydrogen-bond donors (Lipinski definition) is 1. The third-order valence-corrected chi connectivity index (χ3v) is 4.42. The first-order valence-corrected chi connectivity index (χ1v) is 8.38. The van der Waals surface area contributed by atoms with Crippen LogP contribution in [0.4, 0.5) is 4.79 Å². The van der Waals surface area contributed by atoms with Crippen LogP contribution < -0.4 is 5.32 Å². The molecule has 1 N–H and O–H groups in total. The van der Waals surface area contributed by atoms with E-state index in [4.69, 9.17) is 4.52 Å². The second kappa shape index (κ2) is 6.63. The first-order chi connectivity index (χ1) is 11.4. The van der Waals surface area contributed by atoms with E-state index in [2.05, 4.69) is 40.6 Å². The number of nitrogens with one attached hydrogen (secondary N) is 1. The highest BCUT2D eigenvalue weighted by molar-refractivity contribution is 5.75. The summed E-state index contributed by atoms with van der Waals surface area (Å²) in [5, 5.41) is 6.88. The molecule has 0 bridgehead atoms. The zero-order valence-corrected chi connectivity index (χ0v) is 14.7. The van der Waals surface area contributed by atoms with Gasteiger partial charge >= 0.3 is 6.03 Å². The van der Waals surface area contributed by atoms with Crippen molar-refractivity contribution in [2.24, 2.45) is 5.92 Å². The lowest BCUT2D eigenvalue weighted by atomic mass is 9.98. The van der Waals surface area contributed by atoms with Gasteiger partial charge in [-0.15, -0.1) is 0 Å². The van der Waals surface area contributed by atoms with E-state index in [9.17, 15) is 4.79 Å². The van der Waals surface area contributed by atoms with Crippen LogP contribution in [0, 0.1) is 19.8 Å². The monoisotopic (exact) mass is 328 g/mol. The van der Waals surface area contributed by atoms with Crippen LogP contribution in [0.15, 0.2) is 22.7 Å². The van der Waals surface area contributed by atoms with Crippen molar-refractivity contribution in [2.45, 2.75) is 46.7 Å². The number of aromatic nitrogens is 2. The number of aryl methyl sites for hydroxylation is 2. The van der Waals surface area contributed by atoms with Crippen LogP contribution in [0.5, 0.6) is 0 Å². The van der Waals surface area contributed by atoms with Gasteiger partial charge in [-0.05, 0) is 37.3 Å². The number of amides is 2. The third kappa shape index (κ3) is 3.42. The average molecular weight is 328 g/mol. The maximum atomic E-state index is 12.7. The standard InChI is InChI=1S/C18H24N4O2/c1-11(2)16(17-19-13(4)21-24-17)20-18(23)22-8-7-14-9-12(3)5-6-15(14)10-22/h5-6,9,11,16H,7-8,10H2,1-4H3,(H,20,23). The van der Waals surface area contributed by atoms with E-state index in [1.165, 1.54) is 16.7 Å². The van der Waals surface area contributed by atoms with Crippen molar-refractivity contribution in [1.82, 2.24) is 20.4 Å². The molecule has 6 nitrogen and oxygen atoms in total. The maximum absolute atomic E-state index is 12.7. The molecule has 128 valence electrons. The molecule has 0 saturated heterocycles. The summed E-state index contributed by atoms with van der Waals surface area (Å²) in [6, 6.07) is 6.06. The van der Waals surface area contributed by atoms with E-state index >= 15 is 0 Å². The lowest BCUT2D eigenvalue weighted by molar-refractivity contribution is 0.179. The number of carbonyl (C=O) groups is 1. The molecule has 24 heavy (non-hydrogen) atoms. The number of nitrogens with zero attached hydrogens (tertiary/aromatic N) is 3. The van der Waals surface area contributed by atoms with E-state index in [1.807, 2.05) is 18.7 Å². The summed E-state index contributed by atoms with van der Waals surface area (Å²) in [4.78, 5) is 18.8. The van der Waals surface area contributed by atoms with Gasteiger partial charge in [0.15, 0.2) is 5.82 Å². The molecule has 1 unspecified atom stereocenters. The molecule has 1 atom stereocenters. The molecule has 1 aliphatic rings. The Bertz CT molecular complexity index is 738. The number of benzene rings is 1. The Hall–Kier alpha value is -2.37. The molecule has 0 radical (unpaired) electrons. The van der Waals surface area contributed by atoms with E-state index in [0.29, 0.717) is 18.3 Å². The summed E-state index contributed by atoms with van der Waals surface area (Å²) in [5.41, 5.74) is 3.82. The number of urea groups is 1. The lowest BCUT2D eigenvalue weighted by Crippen LogP contribution is -2.45. The number of hydrogen-bond acceptors (Lipinski definition) is 4. The molecule has 6 heteroatoms. The summed E-state index contributed by atoms with van der Waals surface area (Å²) in [7, 11) is 0. The van der Waals surface area contributed by atoms with Crippen LogP contribution in [-0.2, 0) is 13.0 Å².